The fourth-order valence-corrected chi connectivity index (χ4v) is 1.96. The Morgan fingerprint density at radius 3 is 2.67 bits per heavy atom. The first-order valence-electron chi connectivity index (χ1n) is 6.10. The van der Waals surface area contributed by atoms with Gasteiger partial charge < -0.3 is 14.9 Å². The van der Waals surface area contributed by atoms with Gasteiger partial charge in [0.2, 0.25) is 0 Å². The van der Waals surface area contributed by atoms with Crippen molar-refractivity contribution in [3.8, 4) is 17.2 Å². The van der Waals surface area contributed by atoms with Gasteiger partial charge in [0.05, 0.1) is 17.7 Å². The second-order valence-electron chi connectivity index (χ2n) is 4.26. The summed E-state index contributed by atoms with van der Waals surface area (Å²) in [6.07, 6.45) is 2.83. The molecule has 0 atom stereocenters. The van der Waals surface area contributed by atoms with Crippen LogP contribution in [0.2, 0.25) is 5.02 Å². The van der Waals surface area contributed by atoms with Gasteiger partial charge in [-0.3, -0.25) is 4.79 Å². The summed E-state index contributed by atoms with van der Waals surface area (Å²) in [7, 11) is 1.45. The Kier molecular flexibility index (Phi) is 4.50. The molecule has 5 heteroatoms. The van der Waals surface area contributed by atoms with Crippen LogP contribution in [0.15, 0.2) is 42.5 Å². The maximum absolute atomic E-state index is 12.0. The van der Waals surface area contributed by atoms with E-state index in [1.165, 1.54) is 37.5 Å². The van der Waals surface area contributed by atoms with Crippen LogP contribution >= 0.6 is 11.6 Å². The Balaban J connectivity index is 2.23. The second-order valence-corrected chi connectivity index (χ2v) is 4.67. The van der Waals surface area contributed by atoms with Gasteiger partial charge in [0.25, 0.3) is 0 Å². The molecule has 0 heterocycles. The van der Waals surface area contributed by atoms with Gasteiger partial charge in [-0.15, -0.1) is 0 Å². The van der Waals surface area contributed by atoms with Crippen LogP contribution in [0, 0.1) is 0 Å². The molecule has 0 saturated heterocycles. The van der Waals surface area contributed by atoms with Crippen molar-refractivity contribution in [3.05, 3.63) is 58.6 Å². The number of para-hydroxylation sites is 1. The van der Waals surface area contributed by atoms with Gasteiger partial charge in [0.1, 0.15) is 5.75 Å². The number of benzene rings is 2. The molecule has 2 rings (SSSR count). The lowest BCUT2D eigenvalue weighted by molar-refractivity contribution is 0.104. The summed E-state index contributed by atoms with van der Waals surface area (Å²) < 4.78 is 4.94. The maximum Gasteiger partial charge on any atom is 0.189 e. The van der Waals surface area contributed by atoms with E-state index in [1.807, 2.05) is 0 Å². The molecule has 0 aromatic heterocycles. The predicted octanol–water partition coefficient (Wildman–Crippen LogP) is 3.66. The molecule has 108 valence electrons. The minimum Gasteiger partial charge on any atom is -0.506 e. The molecule has 0 radical (unpaired) electrons. The fourth-order valence-electron chi connectivity index (χ4n) is 1.79. The number of phenols is 2. The summed E-state index contributed by atoms with van der Waals surface area (Å²) in [5.41, 5.74) is 0.750. The van der Waals surface area contributed by atoms with E-state index in [9.17, 15) is 15.0 Å². The quantitative estimate of drug-likeness (QED) is 0.668. The van der Waals surface area contributed by atoms with Crippen molar-refractivity contribution < 1.29 is 19.7 Å². The molecule has 21 heavy (non-hydrogen) atoms. The standard InChI is InChI=1S/C16H13ClO4/c1-21-15-8-6-10(9-14(15)19)5-7-13(18)11-3-2-4-12(17)16(11)20/h2-9,19-20H,1H3/b7-5+. The zero-order valence-corrected chi connectivity index (χ0v) is 12.0. The highest BCUT2D eigenvalue weighted by Gasteiger charge is 2.10. The van der Waals surface area contributed by atoms with Crippen molar-refractivity contribution >= 4 is 23.5 Å². The third kappa shape index (κ3) is 3.35. The minimum absolute atomic E-state index is 0.0160. The Morgan fingerprint density at radius 1 is 1.24 bits per heavy atom. The smallest absolute Gasteiger partial charge is 0.189 e. The van der Waals surface area contributed by atoms with Gasteiger partial charge in [0.15, 0.2) is 17.3 Å². The summed E-state index contributed by atoms with van der Waals surface area (Å²) >= 11 is 5.76. The number of allylic oxidation sites excluding steroid dienone is 1. The highest BCUT2D eigenvalue weighted by molar-refractivity contribution is 6.32. The molecular formula is C16H13ClO4. The van der Waals surface area contributed by atoms with E-state index >= 15 is 0 Å². The molecule has 2 aromatic rings. The topological polar surface area (TPSA) is 66.8 Å². The number of ketones is 1. The molecule has 0 bridgehead atoms. The molecule has 0 unspecified atom stereocenters. The van der Waals surface area contributed by atoms with Crippen LogP contribution in [0.3, 0.4) is 0 Å². The van der Waals surface area contributed by atoms with E-state index in [2.05, 4.69) is 0 Å². The Hall–Kier alpha value is -2.46. The largest absolute Gasteiger partial charge is 0.506 e. The number of carbonyl (C=O) groups excluding carboxylic acids is 1. The summed E-state index contributed by atoms with van der Waals surface area (Å²) in [6, 6.07) is 9.33. The summed E-state index contributed by atoms with van der Waals surface area (Å²) in [5.74, 6) is -0.291. The van der Waals surface area contributed by atoms with Gasteiger partial charge >= 0.3 is 0 Å². The Labute approximate surface area is 126 Å². The first-order valence-corrected chi connectivity index (χ1v) is 6.47. The van der Waals surface area contributed by atoms with Crippen molar-refractivity contribution in [1.29, 1.82) is 0 Å². The van der Waals surface area contributed by atoms with Crippen molar-refractivity contribution in [3.63, 3.8) is 0 Å². The molecule has 0 aliphatic rings. The van der Waals surface area contributed by atoms with E-state index < -0.39 is 0 Å². The number of methoxy groups -OCH3 is 1. The van der Waals surface area contributed by atoms with Crippen molar-refractivity contribution in [2.75, 3.05) is 7.11 Å². The van der Waals surface area contributed by atoms with Crippen molar-refractivity contribution in [2.45, 2.75) is 0 Å². The zero-order valence-electron chi connectivity index (χ0n) is 11.2. The van der Waals surface area contributed by atoms with Crippen LogP contribution in [-0.4, -0.2) is 23.1 Å². The highest BCUT2D eigenvalue weighted by Crippen LogP contribution is 2.28. The third-order valence-electron chi connectivity index (χ3n) is 2.88. The normalized spacial score (nSPS) is 10.8. The van der Waals surface area contributed by atoms with Crippen LogP contribution in [-0.2, 0) is 0 Å². The Bertz CT molecular complexity index is 707. The number of carbonyl (C=O) groups is 1. The molecule has 4 nitrogen and oxygen atoms in total. The minimum atomic E-state index is -0.384. The van der Waals surface area contributed by atoms with Crippen LogP contribution in [0.1, 0.15) is 15.9 Å². The lowest BCUT2D eigenvalue weighted by Crippen LogP contribution is -1.95. The fraction of sp³-hybridized carbons (Fsp3) is 0.0625. The number of hydrogen-bond acceptors (Lipinski definition) is 4. The average Bonchev–Trinajstić information content (AvgIpc) is 2.47. The van der Waals surface area contributed by atoms with E-state index in [4.69, 9.17) is 16.3 Å². The van der Waals surface area contributed by atoms with E-state index in [-0.39, 0.29) is 27.9 Å². The van der Waals surface area contributed by atoms with Crippen LogP contribution in [0.5, 0.6) is 17.2 Å². The monoisotopic (exact) mass is 304 g/mol. The van der Waals surface area contributed by atoms with Gasteiger partial charge in [-0.05, 0) is 35.9 Å². The maximum atomic E-state index is 12.0. The number of ether oxygens (including phenoxy) is 1. The first-order chi connectivity index (χ1) is 10.0. The summed E-state index contributed by atoms with van der Waals surface area (Å²) in [5, 5.41) is 19.5. The Morgan fingerprint density at radius 2 is 2.00 bits per heavy atom. The SMILES string of the molecule is COc1ccc(/C=C/C(=O)c2cccc(Cl)c2O)cc1O. The predicted molar refractivity (Wildman–Crippen MR) is 81.1 cm³/mol. The van der Waals surface area contributed by atoms with Gasteiger partial charge in [-0.25, -0.2) is 0 Å². The molecule has 0 fully saturated rings. The molecular weight excluding hydrogens is 292 g/mol. The van der Waals surface area contributed by atoms with Gasteiger partial charge in [-0.2, -0.15) is 0 Å². The van der Waals surface area contributed by atoms with Crippen molar-refractivity contribution in [1.82, 2.24) is 0 Å². The molecule has 2 aromatic carbocycles. The number of phenolic OH excluding ortho intramolecular Hbond substituents is 2. The molecule has 2 N–H and O–H groups in total. The van der Waals surface area contributed by atoms with Crippen molar-refractivity contribution in [2.24, 2.45) is 0 Å². The molecule has 0 spiro atoms. The van der Waals surface area contributed by atoms with Gasteiger partial charge in [0, 0.05) is 0 Å². The van der Waals surface area contributed by atoms with E-state index in [0.717, 1.165) is 0 Å². The summed E-state index contributed by atoms with van der Waals surface area (Å²) in [6.45, 7) is 0. The van der Waals surface area contributed by atoms with E-state index in [0.29, 0.717) is 11.3 Å². The molecule has 0 aliphatic carbocycles. The summed E-state index contributed by atoms with van der Waals surface area (Å²) in [4.78, 5) is 12.0. The average molecular weight is 305 g/mol. The van der Waals surface area contributed by atoms with Crippen LogP contribution < -0.4 is 4.74 Å². The lowest BCUT2D eigenvalue weighted by atomic mass is 10.1. The van der Waals surface area contributed by atoms with Gasteiger partial charge in [-0.1, -0.05) is 29.8 Å². The number of hydrogen-bond donors (Lipinski definition) is 2. The zero-order chi connectivity index (χ0) is 15.4. The van der Waals surface area contributed by atoms with E-state index in [1.54, 1.807) is 18.2 Å². The number of halogens is 1. The molecule has 0 amide bonds. The highest BCUT2D eigenvalue weighted by atomic mass is 35.5. The second kappa shape index (κ2) is 6.33. The number of aromatic hydroxyl groups is 2. The number of rotatable bonds is 4. The van der Waals surface area contributed by atoms with Crippen LogP contribution in [0.4, 0.5) is 0 Å². The third-order valence-corrected chi connectivity index (χ3v) is 3.19. The molecule has 0 saturated carbocycles. The molecule has 0 aliphatic heterocycles. The first kappa shape index (κ1) is 14.9. The lowest BCUT2D eigenvalue weighted by Gasteiger charge is -2.04. The van der Waals surface area contributed by atoms with Crippen LogP contribution in [0.25, 0.3) is 6.08 Å².